The van der Waals surface area contributed by atoms with Gasteiger partial charge >= 0.3 is 5.97 Å². The Morgan fingerprint density at radius 2 is 1.90 bits per heavy atom. The van der Waals surface area contributed by atoms with Crippen molar-refractivity contribution < 1.29 is 19.1 Å². The molecular formula is C24H32N2O4S. The third-order valence-electron chi connectivity index (χ3n) is 5.49. The van der Waals surface area contributed by atoms with Crippen LogP contribution in [0, 0.1) is 13.8 Å². The lowest BCUT2D eigenvalue weighted by Crippen LogP contribution is -2.46. The molecule has 0 aliphatic carbocycles. The zero-order valence-corrected chi connectivity index (χ0v) is 19.8. The second-order valence-corrected chi connectivity index (χ2v) is 9.07. The molecule has 0 spiro atoms. The SMILES string of the molecule is CCOC(=O)c1c(-c2ccc(C)c(C)c2)csc1NC(=O)CCN1C[C@H](C)O[C@@H](C)C1. The van der Waals surface area contributed by atoms with Gasteiger partial charge in [-0.3, -0.25) is 9.69 Å². The van der Waals surface area contributed by atoms with Crippen molar-refractivity contribution in [3.05, 3.63) is 40.3 Å². The van der Waals surface area contributed by atoms with E-state index in [0.717, 1.165) is 29.8 Å². The summed E-state index contributed by atoms with van der Waals surface area (Å²) in [7, 11) is 0. The number of esters is 1. The Hall–Kier alpha value is -2.22. The van der Waals surface area contributed by atoms with Crippen molar-refractivity contribution in [3.8, 4) is 11.1 Å². The van der Waals surface area contributed by atoms with Crippen molar-refractivity contribution in [1.82, 2.24) is 4.90 Å². The van der Waals surface area contributed by atoms with Crippen LogP contribution in [0.4, 0.5) is 5.00 Å². The predicted octanol–water partition coefficient (Wildman–Crippen LogP) is 4.65. The van der Waals surface area contributed by atoms with Gasteiger partial charge < -0.3 is 14.8 Å². The summed E-state index contributed by atoms with van der Waals surface area (Å²) >= 11 is 1.36. The Labute approximate surface area is 188 Å². The van der Waals surface area contributed by atoms with Crippen LogP contribution in [-0.2, 0) is 14.3 Å². The van der Waals surface area contributed by atoms with Crippen molar-refractivity contribution >= 4 is 28.2 Å². The number of hydrogen-bond donors (Lipinski definition) is 1. The highest BCUT2D eigenvalue weighted by Crippen LogP contribution is 2.37. The number of anilines is 1. The minimum atomic E-state index is -0.414. The summed E-state index contributed by atoms with van der Waals surface area (Å²) in [4.78, 5) is 27.7. The summed E-state index contributed by atoms with van der Waals surface area (Å²) < 4.78 is 11.1. The Morgan fingerprint density at radius 3 is 2.55 bits per heavy atom. The summed E-state index contributed by atoms with van der Waals surface area (Å²) in [5.74, 6) is -0.519. The van der Waals surface area contributed by atoms with Gasteiger partial charge in [0.25, 0.3) is 0 Å². The first-order valence-electron chi connectivity index (χ1n) is 10.8. The number of morpholine rings is 1. The van der Waals surface area contributed by atoms with Gasteiger partial charge in [0.1, 0.15) is 10.6 Å². The van der Waals surface area contributed by atoms with Crippen LogP contribution in [0.2, 0.25) is 0 Å². The average molecular weight is 445 g/mol. The van der Waals surface area contributed by atoms with Crippen LogP contribution in [0.1, 0.15) is 48.7 Å². The van der Waals surface area contributed by atoms with Gasteiger partial charge in [-0.15, -0.1) is 11.3 Å². The molecule has 2 heterocycles. The van der Waals surface area contributed by atoms with E-state index < -0.39 is 5.97 Å². The Morgan fingerprint density at radius 1 is 1.19 bits per heavy atom. The van der Waals surface area contributed by atoms with Crippen LogP contribution in [0.3, 0.4) is 0 Å². The molecule has 0 saturated carbocycles. The molecule has 1 aliphatic heterocycles. The van der Waals surface area contributed by atoms with Crippen LogP contribution in [0.15, 0.2) is 23.6 Å². The highest BCUT2D eigenvalue weighted by atomic mass is 32.1. The van der Waals surface area contributed by atoms with E-state index in [1.165, 1.54) is 16.9 Å². The smallest absolute Gasteiger partial charge is 0.341 e. The van der Waals surface area contributed by atoms with Crippen molar-refractivity contribution in [3.63, 3.8) is 0 Å². The van der Waals surface area contributed by atoms with Gasteiger partial charge in [-0.2, -0.15) is 0 Å². The van der Waals surface area contributed by atoms with E-state index in [2.05, 4.69) is 23.2 Å². The fraction of sp³-hybridized carbons (Fsp3) is 0.500. The number of nitrogens with one attached hydrogen (secondary N) is 1. The molecule has 2 aromatic rings. The number of hydrogen-bond acceptors (Lipinski definition) is 6. The summed E-state index contributed by atoms with van der Waals surface area (Å²) in [6.07, 6.45) is 0.693. The lowest BCUT2D eigenvalue weighted by atomic mass is 9.99. The predicted molar refractivity (Wildman–Crippen MR) is 125 cm³/mol. The molecule has 3 rings (SSSR count). The number of aryl methyl sites for hydroxylation is 2. The lowest BCUT2D eigenvalue weighted by molar-refractivity contribution is -0.117. The quantitative estimate of drug-likeness (QED) is 0.630. The minimum absolute atomic E-state index is 0.106. The normalized spacial score (nSPS) is 19.3. The highest BCUT2D eigenvalue weighted by Gasteiger charge is 2.25. The van der Waals surface area contributed by atoms with E-state index >= 15 is 0 Å². The molecule has 0 bridgehead atoms. The molecule has 7 heteroatoms. The van der Waals surface area contributed by atoms with Gasteiger partial charge in [0.15, 0.2) is 0 Å². The largest absolute Gasteiger partial charge is 0.462 e. The Bertz CT molecular complexity index is 930. The molecular weight excluding hydrogens is 412 g/mol. The van der Waals surface area contributed by atoms with Gasteiger partial charge in [0, 0.05) is 37.0 Å². The minimum Gasteiger partial charge on any atom is -0.462 e. The van der Waals surface area contributed by atoms with Gasteiger partial charge in [-0.25, -0.2) is 4.79 Å². The third kappa shape index (κ3) is 5.93. The number of rotatable bonds is 7. The molecule has 1 amide bonds. The van der Waals surface area contributed by atoms with Gasteiger partial charge in [0.05, 0.1) is 18.8 Å². The highest BCUT2D eigenvalue weighted by molar-refractivity contribution is 7.15. The van der Waals surface area contributed by atoms with Gasteiger partial charge in [-0.1, -0.05) is 18.2 Å². The fourth-order valence-electron chi connectivity index (χ4n) is 3.89. The molecule has 6 nitrogen and oxygen atoms in total. The zero-order chi connectivity index (χ0) is 22.5. The summed E-state index contributed by atoms with van der Waals surface area (Å²) in [6.45, 7) is 12.6. The van der Waals surface area contributed by atoms with Crippen molar-refractivity contribution in [2.24, 2.45) is 0 Å². The topological polar surface area (TPSA) is 67.9 Å². The van der Waals surface area contributed by atoms with E-state index in [1.807, 2.05) is 38.3 Å². The fourth-order valence-corrected chi connectivity index (χ4v) is 4.87. The first-order chi connectivity index (χ1) is 14.8. The standard InChI is InChI=1S/C24H32N2O4S/c1-6-29-24(28)22-20(19-8-7-15(2)16(3)11-19)14-31-23(22)25-21(27)9-10-26-12-17(4)30-18(5)13-26/h7-8,11,14,17-18H,6,9-10,12-13H2,1-5H3,(H,25,27)/t17-,18-/m0/s1. The number of benzene rings is 1. The maximum atomic E-state index is 12.7. The Balaban J connectivity index is 1.75. The summed E-state index contributed by atoms with van der Waals surface area (Å²) in [6, 6.07) is 6.10. The molecule has 0 radical (unpaired) electrons. The molecule has 1 saturated heterocycles. The maximum absolute atomic E-state index is 12.7. The van der Waals surface area contributed by atoms with Gasteiger partial charge in [-0.05, 0) is 51.3 Å². The van der Waals surface area contributed by atoms with Crippen LogP contribution in [0.5, 0.6) is 0 Å². The monoisotopic (exact) mass is 444 g/mol. The molecule has 1 aliphatic rings. The molecule has 0 unspecified atom stereocenters. The number of carbonyl (C=O) groups is 2. The number of carbonyl (C=O) groups excluding carboxylic acids is 2. The van der Waals surface area contributed by atoms with Crippen LogP contribution >= 0.6 is 11.3 Å². The van der Waals surface area contributed by atoms with Crippen molar-refractivity contribution in [2.45, 2.75) is 53.2 Å². The molecule has 1 aromatic carbocycles. The molecule has 1 N–H and O–H groups in total. The summed E-state index contributed by atoms with van der Waals surface area (Å²) in [5.41, 5.74) is 4.50. The Kier molecular flexibility index (Phi) is 7.86. The van der Waals surface area contributed by atoms with Crippen molar-refractivity contribution in [1.29, 1.82) is 0 Å². The first kappa shape index (κ1) is 23.4. The van der Waals surface area contributed by atoms with Crippen LogP contribution in [0.25, 0.3) is 11.1 Å². The number of thiophene rings is 1. The maximum Gasteiger partial charge on any atom is 0.341 e. The second-order valence-electron chi connectivity index (χ2n) is 8.19. The zero-order valence-electron chi connectivity index (χ0n) is 19.0. The van der Waals surface area contributed by atoms with Crippen molar-refractivity contribution in [2.75, 3.05) is 31.6 Å². The van der Waals surface area contributed by atoms with E-state index in [1.54, 1.807) is 6.92 Å². The van der Waals surface area contributed by atoms with Crippen LogP contribution in [-0.4, -0.2) is 55.2 Å². The number of nitrogens with zero attached hydrogens (tertiary/aromatic N) is 1. The number of ether oxygens (including phenoxy) is 2. The molecule has 1 aromatic heterocycles. The first-order valence-corrected chi connectivity index (χ1v) is 11.7. The lowest BCUT2D eigenvalue weighted by Gasteiger charge is -2.35. The molecule has 31 heavy (non-hydrogen) atoms. The van der Waals surface area contributed by atoms with E-state index in [0.29, 0.717) is 23.5 Å². The van der Waals surface area contributed by atoms with E-state index in [4.69, 9.17) is 9.47 Å². The second kappa shape index (κ2) is 10.4. The van der Waals surface area contributed by atoms with Gasteiger partial charge in [0.2, 0.25) is 5.91 Å². The van der Waals surface area contributed by atoms with Crippen LogP contribution < -0.4 is 5.32 Å². The average Bonchev–Trinajstić information content (AvgIpc) is 3.11. The molecule has 168 valence electrons. The van der Waals surface area contributed by atoms with E-state index in [-0.39, 0.29) is 24.7 Å². The molecule has 2 atom stereocenters. The molecule has 1 fully saturated rings. The number of amides is 1. The third-order valence-corrected chi connectivity index (χ3v) is 6.39. The van der Waals surface area contributed by atoms with E-state index in [9.17, 15) is 9.59 Å². The summed E-state index contributed by atoms with van der Waals surface area (Å²) in [5, 5.41) is 5.40.